The Morgan fingerprint density at radius 1 is 0.848 bits per heavy atom. The zero-order chi connectivity index (χ0) is 23.8. The largest absolute Gasteiger partial charge is 0.279 e. The van der Waals surface area contributed by atoms with Crippen molar-refractivity contribution in [1.29, 1.82) is 0 Å². The zero-order valence-electron chi connectivity index (χ0n) is 17.8. The van der Waals surface area contributed by atoms with Crippen LogP contribution in [0, 0.1) is 0 Å². The second kappa shape index (κ2) is 8.69. The Kier molecular flexibility index (Phi) is 6.08. The molecule has 0 spiro atoms. The number of carbonyl (C=O) groups is 1. The second-order valence-electron chi connectivity index (χ2n) is 7.58. The van der Waals surface area contributed by atoms with E-state index in [4.69, 9.17) is 0 Å². The number of aromatic nitrogens is 1. The van der Waals surface area contributed by atoms with Crippen molar-refractivity contribution in [1.82, 2.24) is 4.98 Å². The zero-order valence-corrected chi connectivity index (χ0v) is 20.2. The lowest BCUT2D eigenvalue weighted by Gasteiger charge is -2.20. The number of hydrogen-bond acceptors (Lipinski definition) is 7. The molecule has 0 fully saturated rings. The van der Waals surface area contributed by atoms with Gasteiger partial charge in [0, 0.05) is 18.1 Å². The van der Waals surface area contributed by atoms with Crippen LogP contribution in [0.1, 0.15) is 15.9 Å². The summed E-state index contributed by atoms with van der Waals surface area (Å²) in [4.78, 5) is 19.8. The smallest absolute Gasteiger partial charge is 0.260 e. The number of nitrogens with zero attached hydrogens (tertiary/aromatic N) is 2. The minimum Gasteiger partial charge on any atom is -0.279 e. The topological polar surface area (TPSA) is 101 Å². The van der Waals surface area contributed by atoms with Gasteiger partial charge < -0.3 is 0 Å². The Hall–Kier alpha value is -3.08. The van der Waals surface area contributed by atoms with E-state index >= 15 is 0 Å². The normalized spacial score (nSPS) is 12.1. The van der Waals surface area contributed by atoms with E-state index in [0.717, 1.165) is 18.1 Å². The van der Waals surface area contributed by atoms with Crippen LogP contribution < -0.4 is 4.90 Å². The quantitative estimate of drug-likeness (QED) is 0.397. The van der Waals surface area contributed by atoms with Crippen molar-refractivity contribution in [3.8, 4) is 0 Å². The van der Waals surface area contributed by atoms with Gasteiger partial charge in [0.2, 0.25) is 0 Å². The van der Waals surface area contributed by atoms with Crippen molar-refractivity contribution < 1.29 is 21.6 Å². The van der Waals surface area contributed by atoms with Crippen molar-refractivity contribution in [3.63, 3.8) is 0 Å². The Bertz CT molecular complexity index is 1560. The third-order valence-electron chi connectivity index (χ3n) is 4.95. The lowest BCUT2D eigenvalue weighted by atomic mass is 10.1. The van der Waals surface area contributed by atoms with Crippen LogP contribution in [0.3, 0.4) is 0 Å². The van der Waals surface area contributed by atoms with Gasteiger partial charge in [-0.05, 0) is 42.0 Å². The highest BCUT2D eigenvalue weighted by Crippen LogP contribution is 2.32. The molecule has 0 bridgehead atoms. The first kappa shape index (κ1) is 23.1. The molecule has 4 aromatic rings. The lowest BCUT2D eigenvalue weighted by Crippen LogP contribution is -2.30. The molecule has 33 heavy (non-hydrogen) atoms. The summed E-state index contributed by atoms with van der Waals surface area (Å²) in [6.07, 6.45) is 2.22. The molecule has 3 aromatic carbocycles. The third kappa shape index (κ3) is 5.13. The molecule has 7 nitrogen and oxygen atoms in total. The molecule has 1 amide bonds. The van der Waals surface area contributed by atoms with Crippen LogP contribution in [0.4, 0.5) is 5.13 Å². The molecule has 0 aliphatic heterocycles. The van der Waals surface area contributed by atoms with E-state index in [1.165, 1.54) is 40.5 Å². The van der Waals surface area contributed by atoms with E-state index in [1.54, 1.807) is 18.2 Å². The molecule has 10 heteroatoms. The molecule has 0 saturated heterocycles. The summed E-state index contributed by atoms with van der Waals surface area (Å²) in [7, 11) is -6.88. The van der Waals surface area contributed by atoms with Crippen LogP contribution in [0.5, 0.6) is 0 Å². The van der Waals surface area contributed by atoms with E-state index in [0.29, 0.717) is 15.3 Å². The van der Waals surface area contributed by atoms with Crippen LogP contribution in [0.25, 0.3) is 10.2 Å². The van der Waals surface area contributed by atoms with Gasteiger partial charge in [0.1, 0.15) is 0 Å². The average Bonchev–Trinajstić information content (AvgIpc) is 3.20. The van der Waals surface area contributed by atoms with Crippen molar-refractivity contribution >= 4 is 52.3 Å². The van der Waals surface area contributed by atoms with Crippen LogP contribution >= 0.6 is 11.3 Å². The first-order chi connectivity index (χ1) is 15.5. The first-order valence-electron chi connectivity index (χ1n) is 9.79. The molecule has 0 unspecified atom stereocenters. The standard InChI is InChI=1S/C23H20N2O5S3/c1-32(27,28)18-10-6-9-17(13-18)22(26)25(15-16-7-4-3-5-8-16)23-24-20-12-11-19(33(2,29)30)14-21(20)31-23/h3-14H,15H2,1-2H3. The molecule has 0 atom stereocenters. The predicted octanol–water partition coefficient (Wildman–Crippen LogP) is 3.95. The molecule has 170 valence electrons. The maximum atomic E-state index is 13.5. The van der Waals surface area contributed by atoms with Gasteiger partial charge >= 0.3 is 0 Å². The molecular weight excluding hydrogens is 480 g/mol. The van der Waals surface area contributed by atoms with Gasteiger partial charge in [-0.1, -0.05) is 47.7 Å². The van der Waals surface area contributed by atoms with Gasteiger partial charge in [-0.15, -0.1) is 0 Å². The van der Waals surface area contributed by atoms with E-state index in [-0.39, 0.29) is 21.9 Å². The molecule has 0 aliphatic carbocycles. The first-order valence-corrected chi connectivity index (χ1v) is 14.4. The number of benzene rings is 3. The van der Waals surface area contributed by atoms with Crippen LogP contribution in [-0.4, -0.2) is 40.2 Å². The predicted molar refractivity (Wildman–Crippen MR) is 129 cm³/mol. The number of thiazole rings is 1. The summed E-state index contributed by atoms with van der Waals surface area (Å²) in [5.74, 6) is -0.410. The summed E-state index contributed by atoms with van der Waals surface area (Å²) >= 11 is 1.20. The van der Waals surface area contributed by atoms with E-state index in [1.807, 2.05) is 30.3 Å². The maximum Gasteiger partial charge on any atom is 0.260 e. The molecular formula is C23H20N2O5S3. The van der Waals surface area contributed by atoms with Gasteiger partial charge in [0.25, 0.3) is 5.91 Å². The Labute approximate surface area is 196 Å². The number of amides is 1. The second-order valence-corrected chi connectivity index (χ2v) is 12.6. The van der Waals surface area contributed by atoms with Crippen LogP contribution in [0.2, 0.25) is 0 Å². The minimum absolute atomic E-state index is 0.0510. The summed E-state index contributed by atoms with van der Waals surface area (Å²) in [5.41, 5.74) is 1.64. The van der Waals surface area contributed by atoms with Crippen molar-refractivity contribution in [3.05, 3.63) is 83.9 Å². The van der Waals surface area contributed by atoms with Gasteiger partial charge in [-0.3, -0.25) is 9.69 Å². The van der Waals surface area contributed by atoms with Gasteiger partial charge in [-0.25, -0.2) is 21.8 Å². The van der Waals surface area contributed by atoms with E-state index in [2.05, 4.69) is 4.98 Å². The molecule has 0 saturated carbocycles. The summed E-state index contributed by atoms with van der Waals surface area (Å²) < 4.78 is 48.5. The van der Waals surface area contributed by atoms with Crippen molar-refractivity contribution in [2.24, 2.45) is 0 Å². The molecule has 1 aromatic heterocycles. The van der Waals surface area contributed by atoms with Crippen LogP contribution in [0.15, 0.2) is 82.6 Å². The number of sulfone groups is 2. The fourth-order valence-electron chi connectivity index (χ4n) is 3.25. The van der Waals surface area contributed by atoms with Gasteiger partial charge in [-0.2, -0.15) is 0 Å². The Morgan fingerprint density at radius 3 is 2.18 bits per heavy atom. The lowest BCUT2D eigenvalue weighted by molar-refractivity contribution is 0.0985. The Morgan fingerprint density at radius 2 is 1.52 bits per heavy atom. The molecule has 0 N–H and O–H groups in total. The van der Waals surface area contributed by atoms with Gasteiger partial charge in [0.15, 0.2) is 24.8 Å². The highest BCUT2D eigenvalue weighted by atomic mass is 32.2. The summed E-state index contributed by atoms with van der Waals surface area (Å²) in [5, 5.41) is 0.384. The fourth-order valence-corrected chi connectivity index (χ4v) is 5.64. The van der Waals surface area contributed by atoms with Crippen molar-refractivity contribution in [2.45, 2.75) is 16.3 Å². The molecule has 0 radical (unpaired) electrons. The van der Waals surface area contributed by atoms with Gasteiger partial charge in [0.05, 0.1) is 26.6 Å². The summed E-state index contributed by atoms with van der Waals surface area (Å²) in [6, 6.07) is 19.9. The summed E-state index contributed by atoms with van der Waals surface area (Å²) in [6.45, 7) is 0.210. The van der Waals surface area contributed by atoms with E-state index < -0.39 is 25.6 Å². The monoisotopic (exact) mass is 500 g/mol. The van der Waals surface area contributed by atoms with Crippen molar-refractivity contribution in [2.75, 3.05) is 17.4 Å². The SMILES string of the molecule is CS(=O)(=O)c1cccc(C(=O)N(Cc2ccccc2)c2nc3ccc(S(C)(=O)=O)cc3s2)c1. The molecule has 0 aliphatic rings. The number of rotatable bonds is 6. The minimum atomic E-state index is -3.49. The third-order valence-corrected chi connectivity index (χ3v) is 8.21. The maximum absolute atomic E-state index is 13.5. The highest BCUT2D eigenvalue weighted by Gasteiger charge is 2.23. The Balaban J connectivity index is 1.81. The fraction of sp³-hybridized carbons (Fsp3) is 0.130. The number of carbonyl (C=O) groups excluding carboxylic acids is 1. The number of hydrogen-bond donors (Lipinski definition) is 0. The average molecular weight is 501 g/mol. The van der Waals surface area contributed by atoms with E-state index in [9.17, 15) is 21.6 Å². The van der Waals surface area contributed by atoms with Crippen LogP contribution in [-0.2, 0) is 26.2 Å². The molecule has 1 heterocycles. The molecule has 4 rings (SSSR count). The number of fused-ring (bicyclic) bond motifs is 1. The number of anilines is 1. The highest BCUT2D eigenvalue weighted by molar-refractivity contribution is 7.91.